The van der Waals surface area contributed by atoms with Crippen molar-refractivity contribution in [2.45, 2.75) is 57.7 Å². The fourth-order valence-corrected chi connectivity index (χ4v) is 7.19. The van der Waals surface area contributed by atoms with Crippen LogP contribution in [0.2, 0.25) is 0 Å². The number of likely N-dealkylation sites (N-methyl/N-ethyl adjacent to an activating group) is 1. The first-order chi connectivity index (χ1) is 23.7. The first kappa shape index (κ1) is 32.0. The lowest BCUT2D eigenvalue weighted by atomic mass is 10.0. The lowest BCUT2D eigenvalue weighted by molar-refractivity contribution is -0.138. The van der Waals surface area contributed by atoms with Gasteiger partial charge in [0.25, 0.3) is 0 Å². The van der Waals surface area contributed by atoms with Crippen LogP contribution in [-0.2, 0) is 4.79 Å². The molecule has 12 heteroatoms. The van der Waals surface area contributed by atoms with Gasteiger partial charge in [-0.2, -0.15) is 5.26 Å². The summed E-state index contributed by atoms with van der Waals surface area (Å²) in [6.45, 7) is 5.27. The second kappa shape index (κ2) is 13.2. The molecular formula is C37H39N9O3. The van der Waals surface area contributed by atoms with E-state index in [1.165, 1.54) is 7.05 Å². The molecule has 3 atom stereocenters. The summed E-state index contributed by atoms with van der Waals surface area (Å²) < 4.78 is 0. The number of nitrogens with zero attached hydrogens (tertiary/aromatic N) is 6. The van der Waals surface area contributed by atoms with Gasteiger partial charge in [0, 0.05) is 30.1 Å². The van der Waals surface area contributed by atoms with Crippen LogP contribution >= 0.6 is 0 Å². The Morgan fingerprint density at radius 2 is 1.65 bits per heavy atom. The zero-order valence-electron chi connectivity index (χ0n) is 27.8. The predicted molar refractivity (Wildman–Crippen MR) is 185 cm³/mol. The quantitative estimate of drug-likeness (QED) is 0.151. The molecule has 2 saturated heterocycles. The van der Waals surface area contributed by atoms with Crippen molar-refractivity contribution in [3.05, 3.63) is 78.1 Å². The molecule has 0 radical (unpaired) electrons. The van der Waals surface area contributed by atoms with Gasteiger partial charge in [0.1, 0.15) is 17.7 Å². The first-order valence-corrected chi connectivity index (χ1v) is 16.8. The molecule has 0 bridgehead atoms. The molecule has 4 N–H and O–H groups in total. The zero-order chi connectivity index (χ0) is 34.2. The molecular weight excluding hydrogens is 618 g/mol. The highest BCUT2D eigenvalue weighted by atomic mass is 16.4. The van der Waals surface area contributed by atoms with Crippen molar-refractivity contribution < 1.29 is 14.7 Å². The molecule has 5 heterocycles. The van der Waals surface area contributed by atoms with Gasteiger partial charge in [-0.1, -0.05) is 44.2 Å². The SMILES string of the molecule is CC(C)[C@@H](C(=O)N1CCC[C@H]1c1ncc(-c2ccc(-c3cc(C#N)c4cc(-c5cnc([C@@H]6CCCN6)[nH]5)ccc4n3)cc2)[nH]1)N(C)C(=O)O. The molecule has 250 valence electrons. The highest BCUT2D eigenvalue weighted by molar-refractivity contribution is 5.91. The topological polar surface area (TPSA) is 167 Å². The van der Waals surface area contributed by atoms with Gasteiger partial charge in [0.2, 0.25) is 5.91 Å². The molecule has 7 rings (SSSR count). The number of hydrogen-bond donors (Lipinski definition) is 4. The molecule has 3 aromatic heterocycles. The number of likely N-dealkylation sites (tertiary alicyclic amines) is 1. The third kappa shape index (κ3) is 6.13. The van der Waals surface area contributed by atoms with Crippen LogP contribution in [0.25, 0.3) is 44.7 Å². The lowest BCUT2D eigenvalue weighted by Gasteiger charge is -2.33. The summed E-state index contributed by atoms with van der Waals surface area (Å²) in [4.78, 5) is 49.1. The van der Waals surface area contributed by atoms with Crippen LogP contribution in [0.3, 0.4) is 0 Å². The third-order valence-electron chi connectivity index (χ3n) is 9.77. The van der Waals surface area contributed by atoms with Gasteiger partial charge in [-0.25, -0.2) is 19.7 Å². The molecule has 2 aliphatic rings. The number of nitriles is 1. The van der Waals surface area contributed by atoms with Crippen LogP contribution in [0, 0.1) is 17.2 Å². The predicted octanol–water partition coefficient (Wildman–Crippen LogP) is 6.28. The maximum atomic E-state index is 13.6. The van der Waals surface area contributed by atoms with E-state index in [-0.39, 0.29) is 23.9 Å². The Hall–Kier alpha value is -5.54. The van der Waals surface area contributed by atoms with E-state index in [2.05, 4.69) is 31.3 Å². The third-order valence-corrected chi connectivity index (χ3v) is 9.77. The van der Waals surface area contributed by atoms with Crippen LogP contribution in [0.1, 0.15) is 68.8 Å². The summed E-state index contributed by atoms with van der Waals surface area (Å²) in [6.07, 6.45) is 6.26. The Balaban J connectivity index is 1.10. The monoisotopic (exact) mass is 657 g/mol. The molecule has 2 aliphatic heterocycles. The average Bonchev–Trinajstić information content (AvgIpc) is 3.94. The number of fused-ring (bicyclic) bond motifs is 1. The molecule has 12 nitrogen and oxygen atoms in total. The summed E-state index contributed by atoms with van der Waals surface area (Å²) >= 11 is 0. The summed E-state index contributed by atoms with van der Waals surface area (Å²) in [6, 6.07) is 17.3. The number of rotatable bonds is 8. The molecule has 0 aliphatic carbocycles. The van der Waals surface area contributed by atoms with Crippen molar-refractivity contribution in [2.75, 3.05) is 20.1 Å². The maximum absolute atomic E-state index is 13.6. The second-order valence-corrected chi connectivity index (χ2v) is 13.3. The minimum atomic E-state index is -1.13. The standard InChI is InChI=1S/C37H39N9O3/c1-21(2)33(45(3)37(48)49)36(47)46-15-5-7-32(46)35-41-19-30(44-35)23-10-8-22(9-11-23)29-17-25(18-38)26-16-24(12-13-27(26)42-29)31-20-40-34(43-31)28-6-4-14-39-28/h8-13,16-17,19-21,28,32-33,39H,4-7,14-15H2,1-3H3,(H,40,43)(H,41,44)(H,48,49)/t28-,32-,33-/m0/s1. The number of imidazole rings is 2. The van der Waals surface area contributed by atoms with E-state index in [4.69, 9.17) is 4.98 Å². The first-order valence-electron chi connectivity index (χ1n) is 16.8. The lowest BCUT2D eigenvalue weighted by Crippen LogP contribution is -2.51. The number of nitrogens with one attached hydrogen (secondary N) is 3. The van der Waals surface area contributed by atoms with Crippen LogP contribution in [0.4, 0.5) is 4.79 Å². The number of carbonyl (C=O) groups excluding carboxylic acids is 1. The van der Waals surface area contributed by atoms with Gasteiger partial charge in [0.15, 0.2) is 0 Å². The highest BCUT2D eigenvalue weighted by Gasteiger charge is 2.39. The molecule has 49 heavy (non-hydrogen) atoms. The van der Waals surface area contributed by atoms with Crippen LogP contribution < -0.4 is 5.32 Å². The molecule has 0 saturated carbocycles. The Morgan fingerprint density at radius 1 is 0.959 bits per heavy atom. The Morgan fingerprint density at radius 3 is 2.35 bits per heavy atom. The van der Waals surface area contributed by atoms with E-state index in [1.807, 2.05) is 68.6 Å². The summed E-state index contributed by atoms with van der Waals surface area (Å²) in [5.74, 6) is 1.25. The van der Waals surface area contributed by atoms with Gasteiger partial charge in [-0.15, -0.1) is 0 Å². The van der Waals surface area contributed by atoms with Gasteiger partial charge >= 0.3 is 6.09 Å². The largest absolute Gasteiger partial charge is 0.465 e. The van der Waals surface area contributed by atoms with E-state index in [9.17, 15) is 20.0 Å². The summed E-state index contributed by atoms with van der Waals surface area (Å²) in [7, 11) is 1.45. The van der Waals surface area contributed by atoms with Crippen molar-refractivity contribution in [3.63, 3.8) is 0 Å². The van der Waals surface area contributed by atoms with Crippen molar-refractivity contribution in [1.29, 1.82) is 5.26 Å². The van der Waals surface area contributed by atoms with Gasteiger partial charge < -0.3 is 25.3 Å². The number of aromatic nitrogens is 5. The van der Waals surface area contributed by atoms with Crippen molar-refractivity contribution in [3.8, 4) is 39.8 Å². The average molecular weight is 658 g/mol. The number of aromatic amines is 2. The summed E-state index contributed by atoms with van der Waals surface area (Å²) in [5.41, 5.74) is 6.46. The van der Waals surface area contributed by atoms with Gasteiger partial charge in [-0.3, -0.25) is 9.69 Å². The van der Waals surface area contributed by atoms with Crippen LogP contribution in [0.15, 0.2) is 60.9 Å². The molecule has 2 amide bonds. The highest BCUT2D eigenvalue weighted by Crippen LogP contribution is 2.34. The molecule has 2 aromatic carbocycles. The van der Waals surface area contributed by atoms with Crippen molar-refractivity contribution in [2.24, 2.45) is 5.92 Å². The van der Waals surface area contributed by atoms with Crippen LogP contribution in [-0.4, -0.2) is 78.0 Å². The Kier molecular flexibility index (Phi) is 8.60. The van der Waals surface area contributed by atoms with E-state index in [0.717, 1.165) is 81.9 Å². The number of benzene rings is 2. The number of pyridine rings is 1. The normalized spacial score (nSPS) is 18.2. The van der Waals surface area contributed by atoms with Gasteiger partial charge in [0.05, 0.1) is 58.7 Å². The molecule has 0 unspecified atom stereocenters. The smallest absolute Gasteiger partial charge is 0.407 e. The fourth-order valence-electron chi connectivity index (χ4n) is 7.19. The summed E-state index contributed by atoms with van der Waals surface area (Å²) in [5, 5.41) is 23.9. The minimum Gasteiger partial charge on any atom is -0.465 e. The second-order valence-electron chi connectivity index (χ2n) is 13.3. The number of amides is 2. The van der Waals surface area contributed by atoms with E-state index < -0.39 is 12.1 Å². The Bertz CT molecular complexity index is 2050. The molecule has 5 aromatic rings. The maximum Gasteiger partial charge on any atom is 0.407 e. The zero-order valence-corrected chi connectivity index (χ0v) is 27.8. The van der Waals surface area contributed by atoms with Crippen LogP contribution in [0.5, 0.6) is 0 Å². The van der Waals surface area contributed by atoms with E-state index in [0.29, 0.717) is 23.6 Å². The number of hydrogen-bond acceptors (Lipinski definition) is 7. The molecule has 2 fully saturated rings. The van der Waals surface area contributed by atoms with Crippen molar-refractivity contribution >= 4 is 22.9 Å². The number of carbonyl (C=O) groups is 2. The van der Waals surface area contributed by atoms with Gasteiger partial charge in [-0.05, 0) is 61.9 Å². The number of H-pyrrole nitrogens is 2. The minimum absolute atomic E-state index is 0.172. The molecule has 0 spiro atoms. The van der Waals surface area contributed by atoms with E-state index in [1.54, 1.807) is 11.1 Å². The fraction of sp³-hybridized carbons (Fsp3) is 0.351. The Labute approximate surface area is 284 Å². The van der Waals surface area contributed by atoms with Crippen molar-refractivity contribution in [1.82, 2.24) is 40.0 Å². The van der Waals surface area contributed by atoms with E-state index >= 15 is 0 Å². The number of carboxylic acid groups (broad SMARTS) is 1.